The van der Waals surface area contributed by atoms with Gasteiger partial charge in [-0.05, 0) is 43.0 Å². The summed E-state index contributed by atoms with van der Waals surface area (Å²) in [4.78, 5) is 53.6. The van der Waals surface area contributed by atoms with Crippen LogP contribution in [0.5, 0.6) is 0 Å². The average Bonchev–Trinajstić information content (AvgIpc) is 3.41. The number of nitrogens with zero attached hydrogens (tertiary/aromatic N) is 2. The second kappa shape index (κ2) is 10.5. The van der Waals surface area contributed by atoms with Crippen LogP contribution in [-0.2, 0) is 36.8 Å². The summed E-state index contributed by atoms with van der Waals surface area (Å²) in [6, 6.07) is 9.91. The number of rotatable bonds is 6. The van der Waals surface area contributed by atoms with Gasteiger partial charge in [0.15, 0.2) is 12.4 Å². The van der Waals surface area contributed by atoms with E-state index in [9.17, 15) is 19.2 Å². The molecule has 9 heteroatoms. The lowest BCUT2D eigenvalue weighted by Gasteiger charge is -2.35. The van der Waals surface area contributed by atoms with Crippen LogP contribution in [0.2, 0.25) is 0 Å². The van der Waals surface area contributed by atoms with Crippen molar-refractivity contribution in [2.75, 3.05) is 26.3 Å². The van der Waals surface area contributed by atoms with Crippen LogP contribution in [0.3, 0.4) is 0 Å². The summed E-state index contributed by atoms with van der Waals surface area (Å²) in [6.45, 7) is 2.73. The number of piperidine rings is 1. The normalized spacial score (nSPS) is 18.2. The van der Waals surface area contributed by atoms with Crippen molar-refractivity contribution < 1.29 is 33.1 Å². The third-order valence-corrected chi connectivity index (χ3v) is 6.32. The zero-order valence-corrected chi connectivity index (χ0v) is 19.1. The number of carbonyl (C=O) groups is 4. The van der Waals surface area contributed by atoms with E-state index in [0.29, 0.717) is 39.0 Å². The maximum absolute atomic E-state index is 13.0. The molecule has 0 bridgehead atoms. The Kier molecular flexibility index (Phi) is 7.30. The summed E-state index contributed by atoms with van der Waals surface area (Å²) in [5, 5.41) is 0. The first kappa shape index (κ1) is 23.5. The van der Waals surface area contributed by atoms with E-state index in [-0.39, 0.29) is 30.1 Å². The predicted molar refractivity (Wildman–Crippen MR) is 119 cm³/mol. The van der Waals surface area contributed by atoms with Crippen LogP contribution in [0.25, 0.3) is 0 Å². The molecule has 0 N–H and O–H groups in total. The van der Waals surface area contributed by atoms with Gasteiger partial charge in [0, 0.05) is 26.1 Å². The van der Waals surface area contributed by atoms with Gasteiger partial charge in [-0.2, -0.15) is 0 Å². The molecule has 0 radical (unpaired) electrons. The molecule has 1 unspecified atom stereocenters. The number of hydrogen-bond acceptors (Lipinski definition) is 7. The van der Waals surface area contributed by atoms with E-state index < -0.39 is 24.5 Å². The molecule has 3 heterocycles. The van der Waals surface area contributed by atoms with Crippen molar-refractivity contribution in [3.63, 3.8) is 0 Å². The van der Waals surface area contributed by atoms with Crippen molar-refractivity contribution in [2.24, 2.45) is 5.92 Å². The number of ether oxygens (including phenoxy) is 2. The van der Waals surface area contributed by atoms with Crippen LogP contribution >= 0.6 is 0 Å². The minimum Gasteiger partial charge on any atom is -0.466 e. The molecule has 1 fully saturated rings. The summed E-state index contributed by atoms with van der Waals surface area (Å²) < 4.78 is 15.7. The topological polar surface area (TPSA) is 106 Å². The maximum Gasteiger partial charge on any atom is 0.329 e. The number of carbonyl (C=O) groups excluding carboxylic acids is 4. The largest absolute Gasteiger partial charge is 0.466 e. The molecule has 9 nitrogen and oxygen atoms in total. The number of likely N-dealkylation sites (tertiary alicyclic amines) is 1. The van der Waals surface area contributed by atoms with Crippen molar-refractivity contribution in [1.82, 2.24) is 9.80 Å². The molecule has 1 aromatic heterocycles. The van der Waals surface area contributed by atoms with Crippen LogP contribution in [0, 0.1) is 5.92 Å². The highest BCUT2D eigenvalue weighted by molar-refractivity contribution is 5.95. The molecule has 0 saturated carbocycles. The van der Waals surface area contributed by atoms with E-state index in [1.54, 1.807) is 24.0 Å². The van der Waals surface area contributed by atoms with Crippen LogP contribution in [0.1, 0.15) is 41.4 Å². The number of amides is 2. The van der Waals surface area contributed by atoms with Crippen molar-refractivity contribution in [3.8, 4) is 0 Å². The highest BCUT2D eigenvalue weighted by Gasteiger charge is 2.37. The van der Waals surface area contributed by atoms with Gasteiger partial charge in [-0.25, -0.2) is 4.79 Å². The molecule has 34 heavy (non-hydrogen) atoms. The highest BCUT2D eigenvalue weighted by atomic mass is 16.5. The Hall–Kier alpha value is -3.62. The maximum atomic E-state index is 13.0. The zero-order valence-electron chi connectivity index (χ0n) is 19.1. The molecule has 180 valence electrons. The third kappa shape index (κ3) is 5.13. The fraction of sp³-hybridized carbons (Fsp3) is 0.440. The van der Waals surface area contributed by atoms with Crippen molar-refractivity contribution >= 4 is 23.8 Å². The Morgan fingerprint density at radius 2 is 1.71 bits per heavy atom. The second-order valence-corrected chi connectivity index (χ2v) is 8.41. The minimum absolute atomic E-state index is 0.137. The van der Waals surface area contributed by atoms with Crippen LogP contribution in [0.4, 0.5) is 0 Å². The minimum atomic E-state index is -0.866. The molecule has 1 aromatic carbocycles. The molecule has 2 amide bonds. The van der Waals surface area contributed by atoms with Gasteiger partial charge in [0.2, 0.25) is 0 Å². The van der Waals surface area contributed by atoms with E-state index in [1.807, 2.05) is 24.3 Å². The average molecular weight is 469 g/mol. The first-order chi connectivity index (χ1) is 16.5. The molecule has 0 aliphatic carbocycles. The van der Waals surface area contributed by atoms with Gasteiger partial charge in [-0.15, -0.1) is 0 Å². The van der Waals surface area contributed by atoms with E-state index in [0.717, 1.165) is 11.1 Å². The molecule has 2 aliphatic heterocycles. The quantitative estimate of drug-likeness (QED) is 0.598. The third-order valence-electron chi connectivity index (χ3n) is 6.32. The molecule has 1 atom stereocenters. The predicted octanol–water partition coefficient (Wildman–Crippen LogP) is 2.19. The molecule has 2 aliphatic rings. The van der Waals surface area contributed by atoms with Crippen molar-refractivity contribution in [2.45, 2.75) is 38.8 Å². The van der Waals surface area contributed by atoms with Crippen LogP contribution in [0.15, 0.2) is 47.1 Å². The lowest BCUT2D eigenvalue weighted by Crippen LogP contribution is -2.50. The first-order valence-corrected chi connectivity index (χ1v) is 11.5. The number of fused-ring (bicyclic) bond motifs is 1. The van der Waals surface area contributed by atoms with Crippen LogP contribution < -0.4 is 0 Å². The van der Waals surface area contributed by atoms with Gasteiger partial charge in [0.25, 0.3) is 11.8 Å². The van der Waals surface area contributed by atoms with Gasteiger partial charge in [-0.3, -0.25) is 14.4 Å². The molecular formula is C25H28N2O7. The first-order valence-electron chi connectivity index (χ1n) is 11.5. The van der Waals surface area contributed by atoms with Gasteiger partial charge in [0.1, 0.15) is 6.04 Å². The summed E-state index contributed by atoms with van der Waals surface area (Å²) in [5.74, 6) is -1.68. The Bertz CT molecular complexity index is 1040. The van der Waals surface area contributed by atoms with Gasteiger partial charge in [0.05, 0.1) is 18.8 Å². The fourth-order valence-corrected chi connectivity index (χ4v) is 4.43. The molecule has 1 saturated heterocycles. The summed E-state index contributed by atoms with van der Waals surface area (Å²) in [7, 11) is 0. The van der Waals surface area contributed by atoms with Crippen molar-refractivity contribution in [3.05, 3.63) is 59.5 Å². The number of furan rings is 1. The lowest BCUT2D eigenvalue weighted by molar-refractivity contribution is -0.157. The highest BCUT2D eigenvalue weighted by Crippen LogP contribution is 2.26. The second-order valence-electron chi connectivity index (χ2n) is 8.41. The SMILES string of the molecule is CCOC(=O)C1CCN(C(=O)COC(=O)C2Cc3ccccc3CN2C(=O)c2ccco2)CC1. The Labute approximate surface area is 197 Å². The fourth-order valence-electron chi connectivity index (χ4n) is 4.43. The Morgan fingerprint density at radius 1 is 0.971 bits per heavy atom. The smallest absolute Gasteiger partial charge is 0.329 e. The summed E-state index contributed by atoms with van der Waals surface area (Å²) in [5.41, 5.74) is 1.91. The molecular weight excluding hydrogens is 440 g/mol. The van der Waals surface area contributed by atoms with Gasteiger partial charge in [-0.1, -0.05) is 24.3 Å². The zero-order chi connectivity index (χ0) is 24.1. The molecule has 0 spiro atoms. The van der Waals surface area contributed by atoms with Gasteiger partial charge < -0.3 is 23.7 Å². The number of hydrogen-bond donors (Lipinski definition) is 0. The monoisotopic (exact) mass is 468 g/mol. The summed E-state index contributed by atoms with van der Waals surface area (Å²) >= 11 is 0. The number of esters is 2. The Balaban J connectivity index is 1.37. The standard InChI is InChI=1S/C25H28N2O7/c1-2-32-24(30)17-9-11-26(12-10-17)22(28)16-34-25(31)20-14-18-6-3-4-7-19(18)15-27(20)23(29)21-8-5-13-33-21/h3-8,13,17,20H,2,9-12,14-16H2,1H3. The van der Waals surface area contributed by atoms with E-state index in [4.69, 9.17) is 13.9 Å². The van der Waals surface area contributed by atoms with Crippen LogP contribution in [-0.4, -0.2) is 65.9 Å². The van der Waals surface area contributed by atoms with Crippen molar-refractivity contribution in [1.29, 1.82) is 0 Å². The molecule has 2 aromatic rings. The van der Waals surface area contributed by atoms with E-state index >= 15 is 0 Å². The lowest BCUT2D eigenvalue weighted by atomic mass is 9.93. The summed E-state index contributed by atoms with van der Waals surface area (Å²) in [6.07, 6.45) is 2.73. The van der Waals surface area contributed by atoms with E-state index in [1.165, 1.54) is 11.2 Å². The van der Waals surface area contributed by atoms with Gasteiger partial charge >= 0.3 is 11.9 Å². The number of benzene rings is 1. The van der Waals surface area contributed by atoms with E-state index in [2.05, 4.69) is 0 Å². The molecule has 4 rings (SSSR count). The Morgan fingerprint density at radius 3 is 2.38 bits per heavy atom.